The highest BCUT2D eigenvalue weighted by molar-refractivity contribution is 6.35. The number of ether oxygens (including phenoxy) is 3. The molecule has 15 nitrogen and oxygen atoms in total. The summed E-state index contributed by atoms with van der Waals surface area (Å²) in [6.45, 7) is 5.36. The van der Waals surface area contributed by atoms with Crippen LogP contribution in [0.25, 0.3) is 11.3 Å². The third-order valence-electron chi connectivity index (χ3n) is 5.96. The van der Waals surface area contributed by atoms with E-state index in [1.165, 1.54) is 0 Å². The van der Waals surface area contributed by atoms with Gasteiger partial charge in [-0.1, -0.05) is 29.3 Å². The molecule has 1 aliphatic rings. The van der Waals surface area contributed by atoms with E-state index in [1.54, 1.807) is 24.7 Å². The largest absolute Gasteiger partial charge is 0.491 e. The van der Waals surface area contributed by atoms with E-state index < -0.39 is 16.0 Å². The lowest BCUT2D eigenvalue weighted by atomic mass is 10.1. The van der Waals surface area contributed by atoms with E-state index >= 15 is 0 Å². The molecule has 1 fully saturated rings. The van der Waals surface area contributed by atoms with Gasteiger partial charge >= 0.3 is 0 Å². The van der Waals surface area contributed by atoms with Crippen LogP contribution >= 0.6 is 23.2 Å². The minimum Gasteiger partial charge on any atom is -0.491 e. The molecule has 1 aliphatic heterocycles. The topological polar surface area (TPSA) is 190 Å². The second kappa shape index (κ2) is 15.2. The Labute approximate surface area is 255 Å². The molecule has 0 amide bonds. The van der Waals surface area contributed by atoms with Gasteiger partial charge in [0.25, 0.3) is 10.2 Å². The fourth-order valence-electron chi connectivity index (χ4n) is 4.23. The average Bonchev–Trinajstić information content (AvgIpc) is 3.69. The number of rotatable bonds is 8. The van der Waals surface area contributed by atoms with E-state index in [-0.39, 0.29) is 6.10 Å². The third kappa shape index (κ3) is 9.54. The van der Waals surface area contributed by atoms with Crippen molar-refractivity contribution in [3.63, 3.8) is 0 Å². The van der Waals surface area contributed by atoms with Gasteiger partial charge in [0.2, 0.25) is 5.79 Å². The molecule has 43 heavy (non-hydrogen) atoms. The monoisotopic (exact) mass is 638 g/mol. The minimum absolute atomic E-state index is 0.285. The second-order valence-corrected chi connectivity index (χ2v) is 10.1. The molecule has 2 unspecified atom stereocenters. The lowest BCUT2D eigenvalue weighted by Crippen LogP contribution is -2.34. The quantitative estimate of drug-likeness (QED) is 0.188. The summed E-state index contributed by atoms with van der Waals surface area (Å²) in [6, 6.07) is 13.6. The van der Waals surface area contributed by atoms with Crippen LogP contribution in [0.5, 0.6) is 5.75 Å². The molecule has 0 bridgehead atoms. The zero-order chi connectivity index (χ0) is 31.6. The Hall–Kier alpha value is -4.44. The number of hydrogen-bond donors (Lipinski definition) is 2. The predicted molar refractivity (Wildman–Crippen MR) is 152 cm³/mol. The minimum atomic E-state index is -1.50. The molecule has 3 heterocycles. The molecule has 4 aromatic rings. The molecule has 1 saturated heterocycles. The molecule has 5 rings (SSSR count). The van der Waals surface area contributed by atoms with E-state index in [9.17, 15) is 0 Å². The highest BCUT2D eigenvalue weighted by Crippen LogP contribution is 2.40. The van der Waals surface area contributed by atoms with Crippen molar-refractivity contribution in [1.29, 1.82) is 0 Å². The fourth-order valence-corrected chi connectivity index (χ4v) is 4.78. The van der Waals surface area contributed by atoms with Gasteiger partial charge in [0.15, 0.2) is 0 Å². The number of nitrogens with zero attached hydrogens (tertiary/aromatic N) is 6. The van der Waals surface area contributed by atoms with Crippen LogP contribution in [-0.2, 0) is 21.8 Å². The van der Waals surface area contributed by atoms with Crippen LogP contribution in [0.2, 0.25) is 10.0 Å². The number of imidazole rings is 2. The van der Waals surface area contributed by atoms with E-state index in [4.69, 9.17) is 68.1 Å². The maximum Gasteiger partial charge on any atom is 0.291 e. The first-order valence-corrected chi connectivity index (χ1v) is 13.3. The summed E-state index contributed by atoms with van der Waals surface area (Å²) in [7, 11) is 0. The summed E-state index contributed by atoms with van der Waals surface area (Å²) in [4.78, 5) is 25.1. The average molecular weight is 639 g/mol. The lowest BCUT2D eigenvalue weighted by molar-refractivity contribution is -0.742. The van der Waals surface area contributed by atoms with E-state index in [0.717, 1.165) is 17.0 Å². The molecule has 2 N–H and O–H groups in total. The molecule has 0 saturated carbocycles. The zero-order valence-electron chi connectivity index (χ0n) is 22.9. The summed E-state index contributed by atoms with van der Waals surface area (Å²) < 4.78 is 22.8. The fraction of sp³-hybridized carbons (Fsp3) is 0.308. The van der Waals surface area contributed by atoms with Crippen LogP contribution in [0.3, 0.4) is 0 Å². The number of hydrogen-bond acceptors (Lipinski definition) is 9. The van der Waals surface area contributed by atoms with E-state index in [2.05, 4.69) is 28.4 Å². The first kappa shape index (κ1) is 33.1. The number of aromatic nitrogens is 4. The standard InChI is InChI=1S/C26H26Cl2N4O3.2HNO3/c1-18(2)32-17-30-12-25(32)19-3-6-21(7-4-19)33-13-22-14-34-26(35-22,15-31-10-9-29-16-31)23-8-5-20(27)11-24(23)28;2*2-1(3)4/h3-12,16-18,22H,13-15H2,1-2H3;2*(H,2,3,4). The normalized spacial score (nSPS) is 17.4. The Morgan fingerprint density at radius 2 is 1.77 bits per heavy atom. The number of benzene rings is 2. The molecule has 0 radical (unpaired) electrons. The van der Waals surface area contributed by atoms with Crippen LogP contribution < -0.4 is 4.74 Å². The Morgan fingerprint density at radius 3 is 2.35 bits per heavy atom. The van der Waals surface area contributed by atoms with E-state index in [0.29, 0.717) is 41.4 Å². The maximum atomic E-state index is 8.36. The van der Waals surface area contributed by atoms with Gasteiger partial charge in [0.1, 0.15) is 18.5 Å². The van der Waals surface area contributed by atoms with Crippen molar-refractivity contribution in [3.05, 3.63) is 110 Å². The number of halogens is 2. The summed E-state index contributed by atoms with van der Waals surface area (Å²) in [5, 5.41) is 28.3. The molecule has 0 aliphatic carbocycles. The van der Waals surface area contributed by atoms with Gasteiger partial charge in [-0.3, -0.25) is 0 Å². The van der Waals surface area contributed by atoms with Gasteiger partial charge in [-0.15, -0.1) is 20.2 Å². The van der Waals surface area contributed by atoms with Crippen LogP contribution in [0.1, 0.15) is 25.5 Å². The summed E-state index contributed by atoms with van der Waals surface area (Å²) in [6.07, 6.45) is 8.73. The van der Waals surface area contributed by atoms with Gasteiger partial charge in [-0.25, -0.2) is 9.97 Å². The van der Waals surface area contributed by atoms with Gasteiger partial charge in [0, 0.05) is 34.6 Å². The Bertz CT molecular complexity index is 1460. The molecular formula is C26H28Cl2N6O9. The zero-order valence-corrected chi connectivity index (χ0v) is 24.4. The van der Waals surface area contributed by atoms with Gasteiger partial charge in [0.05, 0.1) is 42.7 Å². The predicted octanol–water partition coefficient (Wildman–Crippen LogP) is 5.29. The van der Waals surface area contributed by atoms with E-state index in [1.807, 2.05) is 53.6 Å². The molecule has 2 aromatic heterocycles. The van der Waals surface area contributed by atoms with Crippen molar-refractivity contribution in [2.24, 2.45) is 0 Å². The second-order valence-electron chi connectivity index (χ2n) is 9.25. The van der Waals surface area contributed by atoms with Crippen molar-refractivity contribution < 1.29 is 34.8 Å². The van der Waals surface area contributed by atoms with Crippen molar-refractivity contribution in [1.82, 2.24) is 19.1 Å². The smallest absolute Gasteiger partial charge is 0.291 e. The van der Waals surface area contributed by atoms with Crippen LogP contribution in [0.4, 0.5) is 0 Å². The molecule has 2 aromatic carbocycles. The first-order chi connectivity index (χ1) is 20.4. The summed E-state index contributed by atoms with van der Waals surface area (Å²) >= 11 is 12.7. The molecule has 17 heteroatoms. The molecule has 230 valence electrons. The van der Waals surface area contributed by atoms with Crippen molar-refractivity contribution in [3.8, 4) is 17.0 Å². The SMILES string of the molecule is CC(C)n1cncc1-c1ccc(OCC2COC(Cn3ccnc3)(c3ccc(Cl)cc3Cl)O2)cc1.O=[N+]([O-])O.O=[N+]([O-])O. The highest BCUT2D eigenvalue weighted by Gasteiger charge is 2.45. The van der Waals surface area contributed by atoms with Crippen LogP contribution in [-0.4, -0.2) is 59.0 Å². The molecular weight excluding hydrogens is 611 g/mol. The Kier molecular flexibility index (Phi) is 11.7. The maximum absolute atomic E-state index is 8.36. The lowest BCUT2D eigenvalue weighted by Gasteiger charge is -2.30. The highest BCUT2D eigenvalue weighted by atomic mass is 35.5. The summed E-state index contributed by atoms with van der Waals surface area (Å²) in [5.74, 6) is -0.320. The van der Waals surface area contributed by atoms with Crippen molar-refractivity contribution in [2.45, 2.75) is 38.3 Å². The van der Waals surface area contributed by atoms with Gasteiger partial charge < -0.3 is 33.8 Å². The molecule has 0 spiro atoms. The third-order valence-corrected chi connectivity index (χ3v) is 6.51. The Morgan fingerprint density at radius 1 is 1.09 bits per heavy atom. The van der Waals surface area contributed by atoms with Crippen molar-refractivity contribution in [2.75, 3.05) is 13.2 Å². The van der Waals surface area contributed by atoms with Crippen LogP contribution in [0.15, 0.2) is 73.7 Å². The molecule has 2 atom stereocenters. The van der Waals surface area contributed by atoms with Crippen molar-refractivity contribution >= 4 is 23.2 Å². The van der Waals surface area contributed by atoms with Gasteiger partial charge in [-0.2, -0.15) is 0 Å². The van der Waals surface area contributed by atoms with Crippen LogP contribution in [0, 0.1) is 20.2 Å². The summed E-state index contributed by atoms with van der Waals surface area (Å²) in [5.41, 5.74) is 2.87. The Balaban J connectivity index is 0.000000566. The first-order valence-electron chi connectivity index (χ1n) is 12.5. The van der Waals surface area contributed by atoms with Gasteiger partial charge in [-0.05, 0) is 50.2 Å².